The number of carboxylic acid groups (broad SMARTS) is 1. The molecular formula is C48H80O11. The smallest absolute Gasteiger partial charge is 0.335 e. The Morgan fingerprint density at radius 2 is 1.00 bits per heavy atom. The molecule has 0 saturated carbocycles. The number of aliphatic hydroxyl groups excluding tert-OH is 3. The van der Waals surface area contributed by atoms with Crippen LogP contribution in [0.4, 0.5) is 0 Å². The highest BCUT2D eigenvalue weighted by atomic mass is 16.7. The number of carbonyl (C=O) groups is 3. The quantitative estimate of drug-likeness (QED) is 0.0267. The molecule has 0 aromatic carbocycles. The van der Waals surface area contributed by atoms with Crippen LogP contribution in [-0.4, -0.2) is 88.4 Å². The third kappa shape index (κ3) is 29.7. The van der Waals surface area contributed by atoms with Gasteiger partial charge in [-0.1, -0.05) is 145 Å². The van der Waals surface area contributed by atoms with Crippen molar-refractivity contribution in [2.75, 3.05) is 13.2 Å². The van der Waals surface area contributed by atoms with Crippen LogP contribution in [0.2, 0.25) is 0 Å². The fraction of sp³-hybridized carbons (Fsp3) is 0.729. The Morgan fingerprint density at radius 3 is 1.51 bits per heavy atom. The zero-order valence-corrected chi connectivity index (χ0v) is 36.5. The van der Waals surface area contributed by atoms with Gasteiger partial charge < -0.3 is 39.4 Å². The van der Waals surface area contributed by atoms with Crippen molar-refractivity contribution in [1.82, 2.24) is 0 Å². The minimum Gasteiger partial charge on any atom is -0.479 e. The van der Waals surface area contributed by atoms with E-state index in [0.29, 0.717) is 12.8 Å². The van der Waals surface area contributed by atoms with E-state index in [0.717, 1.165) is 89.9 Å². The molecule has 1 aliphatic rings. The predicted octanol–water partition coefficient (Wildman–Crippen LogP) is 9.92. The number of rotatable bonds is 37. The first-order valence-electron chi connectivity index (χ1n) is 22.8. The minimum absolute atomic E-state index is 0.167. The molecule has 0 aromatic rings. The van der Waals surface area contributed by atoms with Crippen LogP contribution in [0.15, 0.2) is 60.8 Å². The van der Waals surface area contributed by atoms with Gasteiger partial charge in [-0.15, -0.1) is 0 Å². The zero-order valence-electron chi connectivity index (χ0n) is 36.5. The van der Waals surface area contributed by atoms with Crippen molar-refractivity contribution in [2.45, 2.75) is 211 Å². The summed E-state index contributed by atoms with van der Waals surface area (Å²) in [4.78, 5) is 36.8. The number of hydrogen-bond donors (Lipinski definition) is 4. The summed E-state index contributed by atoms with van der Waals surface area (Å²) in [7, 11) is 0. The highest BCUT2D eigenvalue weighted by Crippen LogP contribution is 2.23. The average Bonchev–Trinajstić information content (AvgIpc) is 3.22. The van der Waals surface area contributed by atoms with E-state index in [1.54, 1.807) is 0 Å². The van der Waals surface area contributed by atoms with Crippen LogP contribution in [-0.2, 0) is 33.3 Å². The lowest BCUT2D eigenvalue weighted by atomic mass is 9.99. The molecule has 11 nitrogen and oxygen atoms in total. The van der Waals surface area contributed by atoms with Crippen LogP contribution < -0.4 is 0 Å². The van der Waals surface area contributed by atoms with Gasteiger partial charge in [0.15, 0.2) is 18.5 Å². The Hall–Kier alpha value is -3.09. The van der Waals surface area contributed by atoms with Crippen molar-refractivity contribution in [2.24, 2.45) is 0 Å². The number of allylic oxidation sites excluding steroid dienone is 10. The molecule has 0 radical (unpaired) electrons. The second-order valence-corrected chi connectivity index (χ2v) is 15.5. The molecule has 1 heterocycles. The van der Waals surface area contributed by atoms with E-state index in [4.69, 9.17) is 18.9 Å². The molecular weight excluding hydrogens is 753 g/mol. The van der Waals surface area contributed by atoms with Crippen LogP contribution in [0, 0.1) is 0 Å². The lowest BCUT2D eigenvalue weighted by Gasteiger charge is -2.38. The number of esters is 2. The molecule has 0 amide bonds. The first-order valence-corrected chi connectivity index (χ1v) is 22.8. The molecule has 1 rings (SSSR count). The van der Waals surface area contributed by atoms with E-state index < -0.39 is 61.3 Å². The molecule has 0 aromatic heterocycles. The van der Waals surface area contributed by atoms with E-state index in [2.05, 4.69) is 74.6 Å². The molecule has 1 saturated heterocycles. The number of aliphatic hydroxyl groups is 3. The standard InChI is InChI=1S/C48H80O11/c1-3-5-7-9-11-13-15-17-19-20-21-23-25-27-29-31-33-35-37-42(50)58-40(39-57-48-45(53)43(51)44(52)46(59-48)47(54)55)38-56-41(49)36-34-32-30-28-26-24-22-18-16-14-12-10-8-6-4-2/h6,8,12-15,18-20,22,40,43-46,48,51-53H,3-5,7,9-11,16-17,21,23-39H2,1-2H3,(H,54,55)/b8-6-,14-12-,15-13-,20-19-,22-18-. The maximum Gasteiger partial charge on any atom is 0.335 e. The maximum absolute atomic E-state index is 12.8. The van der Waals surface area contributed by atoms with E-state index in [9.17, 15) is 34.8 Å². The second kappa shape index (κ2) is 37.9. The van der Waals surface area contributed by atoms with Crippen molar-refractivity contribution < 1.29 is 53.8 Å². The molecule has 0 bridgehead atoms. The Balaban J connectivity index is 2.38. The summed E-state index contributed by atoms with van der Waals surface area (Å²) in [5.74, 6) is -2.48. The Bertz CT molecular complexity index is 1210. The lowest BCUT2D eigenvalue weighted by molar-refractivity contribution is -0.298. The third-order valence-electron chi connectivity index (χ3n) is 10.1. The summed E-state index contributed by atoms with van der Waals surface area (Å²) in [5.41, 5.74) is 0. The number of carboxylic acids is 1. The van der Waals surface area contributed by atoms with Crippen molar-refractivity contribution in [3.63, 3.8) is 0 Å². The lowest BCUT2D eigenvalue weighted by Crippen LogP contribution is -2.60. The fourth-order valence-electron chi connectivity index (χ4n) is 6.51. The van der Waals surface area contributed by atoms with Gasteiger partial charge in [0, 0.05) is 12.8 Å². The number of hydrogen-bond acceptors (Lipinski definition) is 10. The SMILES string of the molecule is CC/C=C\C/C=C\C/C=C\CCCCCCCC(=O)OCC(COC1OC(C(=O)O)C(O)C(O)C1O)OC(=O)CCCCCCCCC/C=C\C/C=C\CCCCCC. The van der Waals surface area contributed by atoms with Gasteiger partial charge in [0.05, 0.1) is 6.61 Å². The highest BCUT2D eigenvalue weighted by Gasteiger charge is 2.47. The molecule has 0 aliphatic carbocycles. The molecule has 1 aliphatic heterocycles. The van der Waals surface area contributed by atoms with E-state index in [1.807, 2.05) is 0 Å². The maximum atomic E-state index is 12.8. The fourth-order valence-corrected chi connectivity index (χ4v) is 6.51. The van der Waals surface area contributed by atoms with Crippen LogP contribution in [0.5, 0.6) is 0 Å². The first kappa shape index (κ1) is 53.9. The van der Waals surface area contributed by atoms with Gasteiger partial charge in [-0.3, -0.25) is 9.59 Å². The zero-order chi connectivity index (χ0) is 43.2. The van der Waals surface area contributed by atoms with Crippen LogP contribution in [0.25, 0.3) is 0 Å². The summed E-state index contributed by atoms with van der Waals surface area (Å²) in [6, 6.07) is 0. The number of carbonyl (C=O) groups excluding carboxylic acids is 2. The summed E-state index contributed by atoms with van der Waals surface area (Å²) in [6.45, 7) is 3.66. The summed E-state index contributed by atoms with van der Waals surface area (Å²) < 4.78 is 21.7. The third-order valence-corrected chi connectivity index (χ3v) is 10.1. The summed E-state index contributed by atoms with van der Waals surface area (Å²) in [5, 5.41) is 39.8. The van der Waals surface area contributed by atoms with Gasteiger partial charge in [-0.05, 0) is 77.0 Å². The Kier molecular flexibility index (Phi) is 34.6. The van der Waals surface area contributed by atoms with Gasteiger partial charge in [0.1, 0.15) is 24.9 Å². The minimum atomic E-state index is -1.87. The van der Waals surface area contributed by atoms with Gasteiger partial charge in [-0.25, -0.2) is 4.79 Å². The summed E-state index contributed by atoms with van der Waals surface area (Å²) in [6.07, 6.45) is 36.9. The predicted molar refractivity (Wildman–Crippen MR) is 234 cm³/mol. The Labute approximate surface area is 356 Å². The molecule has 338 valence electrons. The average molecular weight is 833 g/mol. The first-order chi connectivity index (χ1) is 28.7. The van der Waals surface area contributed by atoms with Gasteiger partial charge in [0.25, 0.3) is 0 Å². The molecule has 11 heteroatoms. The number of ether oxygens (including phenoxy) is 4. The normalized spacial score (nSPS) is 20.5. The number of aliphatic carboxylic acids is 1. The summed E-state index contributed by atoms with van der Waals surface area (Å²) >= 11 is 0. The van der Waals surface area contributed by atoms with Gasteiger partial charge in [-0.2, -0.15) is 0 Å². The van der Waals surface area contributed by atoms with Crippen molar-refractivity contribution in [3.05, 3.63) is 60.8 Å². The highest BCUT2D eigenvalue weighted by molar-refractivity contribution is 5.73. The van der Waals surface area contributed by atoms with Crippen LogP contribution >= 0.6 is 0 Å². The molecule has 4 N–H and O–H groups in total. The van der Waals surface area contributed by atoms with Crippen LogP contribution in [0.3, 0.4) is 0 Å². The van der Waals surface area contributed by atoms with Crippen molar-refractivity contribution in [1.29, 1.82) is 0 Å². The number of unbranched alkanes of at least 4 members (excludes halogenated alkanes) is 16. The molecule has 59 heavy (non-hydrogen) atoms. The van der Waals surface area contributed by atoms with Crippen molar-refractivity contribution in [3.8, 4) is 0 Å². The van der Waals surface area contributed by atoms with Crippen LogP contribution in [0.1, 0.15) is 174 Å². The van der Waals surface area contributed by atoms with E-state index >= 15 is 0 Å². The van der Waals surface area contributed by atoms with Gasteiger partial charge >= 0.3 is 17.9 Å². The molecule has 6 atom stereocenters. The van der Waals surface area contributed by atoms with Crippen molar-refractivity contribution >= 4 is 17.9 Å². The molecule has 0 spiro atoms. The second-order valence-electron chi connectivity index (χ2n) is 15.5. The Morgan fingerprint density at radius 1 is 0.542 bits per heavy atom. The molecule has 1 fully saturated rings. The molecule has 6 unspecified atom stereocenters. The topological polar surface area (TPSA) is 169 Å². The van der Waals surface area contributed by atoms with Gasteiger partial charge in [0.2, 0.25) is 0 Å². The van der Waals surface area contributed by atoms with E-state index in [1.165, 1.54) is 44.9 Å². The largest absolute Gasteiger partial charge is 0.479 e. The van der Waals surface area contributed by atoms with E-state index in [-0.39, 0.29) is 19.4 Å². The monoisotopic (exact) mass is 833 g/mol.